The number of carboxylic acids is 1. The fourth-order valence-corrected chi connectivity index (χ4v) is 2.19. The van der Waals surface area contributed by atoms with Gasteiger partial charge >= 0.3 is 5.97 Å². The Morgan fingerprint density at radius 1 is 1.52 bits per heavy atom. The van der Waals surface area contributed by atoms with Gasteiger partial charge in [-0.15, -0.1) is 0 Å². The monoisotopic (exact) mass is 295 g/mol. The Kier molecular flexibility index (Phi) is 4.69. The molecule has 1 atom stereocenters. The molecule has 0 spiro atoms. The summed E-state index contributed by atoms with van der Waals surface area (Å²) in [5.74, 6) is -0.747. The number of nitrogens with zero attached hydrogens (tertiary/aromatic N) is 2. The quantitative estimate of drug-likeness (QED) is 0.798. The molecule has 1 fully saturated rings. The molecule has 2 heterocycles. The first-order valence-corrected chi connectivity index (χ1v) is 6.65. The zero-order valence-electron chi connectivity index (χ0n) is 11.7. The number of carbonyl (C=O) groups is 2. The Labute approximate surface area is 120 Å². The Morgan fingerprint density at radius 2 is 2.29 bits per heavy atom. The molecule has 1 saturated heterocycles. The van der Waals surface area contributed by atoms with Crippen LogP contribution in [0.15, 0.2) is 10.9 Å². The summed E-state index contributed by atoms with van der Waals surface area (Å²) in [6.45, 7) is 2.69. The molecule has 8 heteroatoms. The van der Waals surface area contributed by atoms with Crippen LogP contribution >= 0.6 is 0 Å². The van der Waals surface area contributed by atoms with Crippen molar-refractivity contribution in [1.29, 1.82) is 0 Å². The fraction of sp³-hybridized carbons (Fsp3) is 0.538. The molecule has 2 N–H and O–H groups in total. The average molecular weight is 295 g/mol. The molecule has 0 aromatic carbocycles. The molecule has 21 heavy (non-hydrogen) atoms. The second-order valence-corrected chi connectivity index (χ2v) is 4.85. The lowest BCUT2D eigenvalue weighted by molar-refractivity contribution is -0.144. The molecular weight excluding hydrogens is 278 g/mol. The van der Waals surface area contributed by atoms with Crippen molar-refractivity contribution < 1.29 is 19.4 Å². The van der Waals surface area contributed by atoms with E-state index in [2.05, 4.69) is 9.97 Å². The fourth-order valence-electron chi connectivity index (χ4n) is 2.19. The van der Waals surface area contributed by atoms with Crippen molar-refractivity contribution in [2.75, 3.05) is 19.7 Å². The predicted octanol–water partition coefficient (Wildman–Crippen LogP) is -0.157. The van der Waals surface area contributed by atoms with Gasteiger partial charge in [-0.3, -0.25) is 14.4 Å². The maximum absolute atomic E-state index is 11.9. The van der Waals surface area contributed by atoms with Crippen molar-refractivity contribution in [2.45, 2.75) is 25.9 Å². The molecule has 1 unspecified atom stereocenters. The first kappa shape index (κ1) is 15.2. The summed E-state index contributed by atoms with van der Waals surface area (Å²) in [7, 11) is 0. The van der Waals surface area contributed by atoms with Crippen molar-refractivity contribution in [3.8, 4) is 0 Å². The van der Waals surface area contributed by atoms with E-state index in [1.807, 2.05) is 0 Å². The molecule has 8 nitrogen and oxygen atoms in total. The van der Waals surface area contributed by atoms with E-state index in [9.17, 15) is 14.4 Å². The predicted molar refractivity (Wildman–Crippen MR) is 71.7 cm³/mol. The highest BCUT2D eigenvalue weighted by Crippen LogP contribution is 2.20. The number of aromatic amines is 1. The lowest BCUT2D eigenvalue weighted by Crippen LogP contribution is -2.42. The third kappa shape index (κ3) is 4.12. The molecule has 1 amide bonds. The van der Waals surface area contributed by atoms with Gasteiger partial charge in [0, 0.05) is 19.0 Å². The molecule has 0 bridgehead atoms. The third-order valence-corrected chi connectivity index (χ3v) is 3.18. The first-order chi connectivity index (χ1) is 9.95. The molecule has 1 aliphatic rings. The van der Waals surface area contributed by atoms with Crippen LogP contribution in [-0.4, -0.2) is 51.5 Å². The highest BCUT2D eigenvalue weighted by molar-refractivity contribution is 5.80. The summed E-state index contributed by atoms with van der Waals surface area (Å²) in [6.07, 6.45) is -0.693. The Bertz CT molecular complexity index is 598. The largest absolute Gasteiger partial charge is 0.481 e. The second kappa shape index (κ2) is 6.49. The summed E-state index contributed by atoms with van der Waals surface area (Å²) < 4.78 is 5.55. The highest BCUT2D eigenvalue weighted by Gasteiger charge is 2.26. The molecule has 0 saturated carbocycles. The van der Waals surface area contributed by atoms with Gasteiger partial charge in [0.05, 0.1) is 25.3 Å². The number of aliphatic carboxylic acids is 1. The van der Waals surface area contributed by atoms with E-state index in [-0.39, 0.29) is 30.9 Å². The second-order valence-electron chi connectivity index (χ2n) is 4.85. The van der Waals surface area contributed by atoms with Crippen LogP contribution in [0.1, 0.15) is 30.5 Å². The van der Waals surface area contributed by atoms with Gasteiger partial charge in [0.1, 0.15) is 11.9 Å². The molecule has 1 aliphatic heterocycles. The lowest BCUT2D eigenvalue weighted by atomic mass is 10.1. The van der Waals surface area contributed by atoms with E-state index in [1.165, 1.54) is 6.07 Å². The number of rotatable bonds is 4. The van der Waals surface area contributed by atoms with Gasteiger partial charge in [0.25, 0.3) is 5.56 Å². The number of hydrogen-bond donors (Lipinski definition) is 2. The van der Waals surface area contributed by atoms with Crippen LogP contribution in [0.5, 0.6) is 0 Å². The van der Waals surface area contributed by atoms with E-state index in [0.29, 0.717) is 24.7 Å². The van der Waals surface area contributed by atoms with Crippen LogP contribution in [0.3, 0.4) is 0 Å². The van der Waals surface area contributed by atoms with Crippen LogP contribution < -0.4 is 5.56 Å². The Morgan fingerprint density at radius 3 is 2.95 bits per heavy atom. The molecule has 1 aromatic rings. The Balaban J connectivity index is 2.04. The van der Waals surface area contributed by atoms with Crippen molar-refractivity contribution in [1.82, 2.24) is 14.9 Å². The third-order valence-electron chi connectivity index (χ3n) is 3.18. The molecule has 2 rings (SSSR count). The SMILES string of the molecule is Cc1nc(C2CN(C(=O)CCC(=O)O)CCO2)cc(=O)[nH]1. The van der Waals surface area contributed by atoms with Crippen LogP contribution in [0.25, 0.3) is 0 Å². The van der Waals surface area contributed by atoms with Crippen LogP contribution in [0.2, 0.25) is 0 Å². The van der Waals surface area contributed by atoms with Gasteiger partial charge in [0.2, 0.25) is 5.91 Å². The Hall–Kier alpha value is -2.22. The summed E-state index contributed by atoms with van der Waals surface area (Å²) in [5.41, 5.74) is 0.211. The van der Waals surface area contributed by atoms with Gasteiger partial charge in [-0.2, -0.15) is 0 Å². The number of ether oxygens (including phenoxy) is 1. The van der Waals surface area contributed by atoms with Crippen LogP contribution in [0.4, 0.5) is 0 Å². The minimum absolute atomic E-state index is 0.0378. The number of H-pyrrole nitrogens is 1. The van der Waals surface area contributed by atoms with Gasteiger partial charge in [-0.05, 0) is 6.92 Å². The standard InChI is InChI=1S/C13H17N3O5/c1-8-14-9(6-11(17)15-8)10-7-16(4-5-21-10)12(18)2-3-13(19)20/h6,10H,2-5,7H2,1H3,(H,19,20)(H,14,15,17). The summed E-state index contributed by atoms with van der Waals surface area (Å²) in [5, 5.41) is 8.61. The smallest absolute Gasteiger partial charge is 0.303 e. The highest BCUT2D eigenvalue weighted by atomic mass is 16.5. The molecular formula is C13H17N3O5. The molecule has 114 valence electrons. The van der Waals surface area contributed by atoms with Crippen molar-refractivity contribution in [2.24, 2.45) is 0 Å². The van der Waals surface area contributed by atoms with E-state index in [4.69, 9.17) is 9.84 Å². The van der Waals surface area contributed by atoms with E-state index >= 15 is 0 Å². The number of nitrogens with one attached hydrogen (secondary N) is 1. The number of amides is 1. The summed E-state index contributed by atoms with van der Waals surface area (Å²) >= 11 is 0. The van der Waals surface area contributed by atoms with Crippen molar-refractivity contribution in [3.05, 3.63) is 27.9 Å². The summed E-state index contributed by atoms with van der Waals surface area (Å²) in [4.78, 5) is 42.2. The van der Waals surface area contributed by atoms with Crippen LogP contribution in [-0.2, 0) is 14.3 Å². The van der Waals surface area contributed by atoms with Gasteiger partial charge < -0.3 is 19.7 Å². The van der Waals surface area contributed by atoms with Crippen molar-refractivity contribution in [3.63, 3.8) is 0 Å². The maximum Gasteiger partial charge on any atom is 0.303 e. The topological polar surface area (TPSA) is 113 Å². The van der Waals surface area contributed by atoms with Gasteiger partial charge in [-0.25, -0.2) is 4.98 Å². The normalized spacial score (nSPS) is 18.5. The number of aromatic nitrogens is 2. The van der Waals surface area contributed by atoms with E-state index < -0.39 is 12.1 Å². The average Bonchev–Trinajstić information content (AvgIpc) is 2.44. The lowest BCUT2D eigenvalue weighted by Gasteiger charge is -2.32. The number of aryl methyl sites for hydroxylation is 1. The first-order valence-electron chi connectivity index (χ1n) is 6.65. The number of carboxylic acid groups (broad SMARTS) is 1. The number of hydrogen-bond acceptors (Lipinski definition) is 5. The molecule has 1 aromatic heterocycles. The van der Waals surface area contributed by atoms with E-state index in [1.54, 1.807) is 11.8 Å². The van der Waals surface area contributed by atoms with Gasteiger partial charge in [0.15, 0.2) is 0 Å². The maximum atomic E-state index is 11.9. The summed E-state index contributed by atoms with van der Waals surface area (Å²) in [6, 6.07) is 1.35. The number of morpholine rings is 1. The van der Waals surface area contributed by atoms with Crippen molar-refractivity contribution >= 4 is 11.9 Å². The molecule has 0 aliphatic carbocycles. The minimum Gasteiger partial charge on any atom is -0.481 e. The molecule has 0 radical (unpaired) electrons. The number of carbonyl (C=O) groups excluding carboxylic acids is 1. The zero-order valence-corrected chi connectivity index (χ0v) is 11.7. The minimum atomic E-state index is -1.000. The van der Waals surface area contributed by atoms with E-state index in [0.717, 1.165) is 0 Å². The van der Waals surface area contributed by atoms with Crippen LogP contribution in [0, 0.1) is 6.92 Å². The zero-order chi connectivity index (χ0) is 15.4. The van der Waals surface area contributed by atoms with Gasteiger partial charge in [-0.1, -0.05) is 0 Å².